The van der Waals surface area contributed by atoms with Crippen LogP contribution in [0.5, 0.6) is 0 Å². The number of aromatic nitrogens is 4. The molecule has 0 spiro atoms. The van der Waals surface area contributed by atoms with Gasteiger partial charge in [-0.15, -0.1) is 0 Å². The van der Waals surface area contributed by atoms with E-state index < -0.39 is 6.04 Å². The predicted molar refractivity (Wildman–Crippen MR) is 98.6 cm³/mol. The Kier molecular flexibility index (Phi) is 4.56. The van der Waals surface area contributed by atoms with Crippen molar-refractivity contribution in [2.24, 2.45) is 0 Å². The highest BCUT2D eigenvalue weighted by Crippen LogP contribution is 2.26. The van der Waals surface area contributed by atoms with Crippen LogP contribution in [0.1, 0.15) is 36.1 Å². The number of benzene rings is 1. The molecule has 1 fully saturated rings. The van der Waals surface area contributed by atoms with Gasteiger partial charge in [-0.1, -0.05) is 30.3 Å². The van der Waals surface area contributed by atoms with Crippen LogP contribution in [0, 0.1) is 6.92 Å². The van der Waals surface area contributed by atoms with Crippen molar-refractivity contribution in [3.8, 4) is 0 Å². The monoisotopic (exact) mass is 349 g/mol. The van der Waals surface area contributed by atoms with Crippen LogP contribution in [0.2, 0.25) is 0 Å². The van der Waals surface area contributed by atoms with Gasteiger partial charge < -0.3 is 4.90 Å². The van der Waals surface area contributed by atoms with Crippen molar-refractivity contribution < 1.29 is 4.79 Å². The SMILES string of the molecule is Cc1cnn([C@H]2CCCN(C(=O)[C@@H](c3ccccc3)n3cccn3)C2)c1. The van der Waals surface area contributed by atoms with Gasteiger partial charge in [-0.3, -0.25) is 14.2 Å². The number of hydrogen-bond donors (Lipinski definition) is 0. The van der Waals surface area contributed by atoms with Crippen LogP contribution in [0.25, 0.3) is 0 Å². The molecule has 2 aromatic heterocycles. The molecule has 1 amide bonds. The first-order chi connectivity index (χ1) is 12.7. The van der Waals surface area contributed by atoms with Crippen LogP contribution in [0.3, 0.4) is 0 Å². The molecule has 6 nitrogen and oxygen atoms in total. The Morgan fingerprint density at radius 1 is 1.19 bits per heavy atom. The fourth-order valence-electron chi connectivity index (χ4n) is 3.65. The number of carbonyl (C=O) groups excluding carboxylic acids is 1. The average Bonchev–Trinajstić information content (AvgIpc) is 3.35. The molecular weight excluding hydrogens is 326 g/mol. The van der Waals surface area contributed by atoms with Crippen molar-refractivity contribution >= 4 is 5.91 Å². The molecule has 0 bridgehead atoms. The van der Waals surface area contributed by atoms with Crippen LogP contribution >= 0.6 is 0 Å². The van der Waals surface area contributed by atoms with Crippen LogP contribution in [-0.4, -0.2) is 43.5 Å². The van der Waals surface area contributed by atoms with E-state index in [0.29, 0.717) is 6.54 Å². The Bertz CT molecular complexity index is 855. The van der Waals surface area contributed by atoms with Crippen molar-refractivity contribution in [1.82, 2.24) is 24.5 Å². The lowest BCUT2D eigenvalue weighted by atomic mass is 10.0. The third-order valence-corrected chi connectivity index (χ3v) is 4.95. The summed E-state index contributed by atoms with van der Waals surface area (Å²) in [6, 6.07) is 11.5. The molecule has 3 heterocycles. The lowest BCUT2D eigenvalue weighted by molar-refractivity contribution is -0.135. The molecule has 1 aliphatic heterocycles. The van der Waals surface area contributed by atoms with Crippen molar-refractivity contribution in [2.45, 2.75) is 31.8 Å². The van der Waals surface area contributed by atoms with E-state index in [1.807, 2.05) is 65.3 Å². The second-order valence-corrected chi connectivity index (χ2v) is 6.88. The highest BCUT2D eigenvalue weighted by atomic mass is 16.2. The summed E-state index contributed by atoms with van der Waals surface area (Å²) in [5.74, 6) is 0.0912. The molecule has 6 heteroatoms. The van der Waals surface area contributed by atoms with Gasteiger partial charge in [-0.25, -0.2) is 0 Å². The number of nitrogens with zero attached hydrogens (tertiary/aromatic N) is 5. The van der Waals surface area contributed by atoms with Crippen molar-refractivity contribution in [2.75, 3.05) is 13.1 Å². The van der Waals surface area contributed by atoms with E-state index in [0.717, 1.165) is 30.5 Å². The molecule has 134 valence electrons. The molecule has 0 radical (unpaired) electrons. The molecule has 3 aromatic rings. The number of hydrogen-bond acceptors (Lipinski definition) is 3. The predicted octanol–water partition coefficient (Wildman–Crippen LogP) is 2.84. The summed E-state index contributed by atoms with van der Waals surface area (Å²) in [6.45, 7) is 3.50. The molecule has 1 saturated heterocycles. The van der Waals surface area contributed by atoms with Crippen molar-refractivity contribution in [3.05, 3.63) is 72.3 Å². The molecule has 0 aliphatic carbocycles. The Hall–Kier alpha value is -2.89. The number of carbonyl (C=O) groups is 1. The minimum Gasteiger partial charge on any atom is -0.338 e. The van der Waals surface area contributed by atoms with Crippen LogP contribution in [-0.2, 0) is 4.79 Å². The van der Waals surface area contributed by atoms with Gasteiger partial charge in [0.25, 0.3) is 5.91 Å². The lowest BCUT2D eigenvalue weighted by Gasteiger charge is -2.35. The Balaban J connectivity index is 1.59. The van der Waals surface area contributed by atoms with E-state index >= 15 is 0 Å². The largest absolute Gasteiger partial charge is 0.338 e. The van der Waals surface area contributed by atoms with E-state index in [-0.39, 0.29) is 11.9 Å². The van der Waals surface area contributed by atoms with E-state index in [9.17, 15) is 4.79 Å². The number of amides is 1. The number of likely N-dealkylation sites (tertiary alicyclic amines) is 1. The minimum atomic E-state index is -0.427. The highest BCUT2D eigenvalue weighted by Gasteiger charge is 2.32. The highest BCUT2D eigenvalue weighted by molar-refractivity contribution is 5.83. The molecule has 26 heavy (non-hydrogen) atoms. The average molecular weight is 349 g/mol. The number of aryl methyl sites for hydroxylation is 1. The Labute approximate surface area is 153 Å². The summed E-state index contributed by atoms with van der Waals surface area (Å²) < 4.78 is 3.75. The third kappa shape index (κ3) is 3.27. The summed E-state index contributed by atoms with van der Waals surface area (Å²) in [4.78, 5) is 15.4. The standard InChI is InChI=1S/C20H23N5O/c1-16-13-22-25(14-16)18-9-5-11-23(15-18)20(26)19(24-12-6-10-21-24)17-7-3-2-4-8-17/h2-4,6-8,10,12-14,18-19H,5,9,11,15H2,1H3/t18-,19+/m0/s1. The van der Waals surface area contributed by atoms with Crippen LogP contribution in [0.15, 0.2) is 61.2 Å². The topological polar surface area (TPSA) is 56.0 Å². The summed E-state index contributed by atoms with van der Waals surface area (Å²) in [5, 5.41) is 8.79. The smallest absolute Gasteiger partial charge is 0.252 e. The van der Waals surface area contributed by atoms with Crippen molar-refractivity contribution in [1.29, 1.82) is 0 Å². The first-order valence-corrected chi connectivity index (χ1v) is 9.06. The number of rotatable bonds is 4. The first kappa shape index (κ1) is 16.6. The maximum Gasteiger partial charge on any atom is 0.252 e. The zero-order chi connectivity index (χ0) is 17.9. The normalized spacial score (nSPS) is 18.7. The summed E-state index contributed by atoms with van der Waals surface area (Å²) in [6.07, 6.45) is 9.53. The molecule has 0 N–H and O–H groups in total. The Morgan fingerprint density at radius 3 is 2.73 bits per heavy atom. The molecular formula is C20H23N5O. The van der Waals surface area contributed by atoms with Gasteiger partial charge in [0.2, 0.25) is 0 Å². The van der Waals surface area contributed by atoms with E-state index in [1.165, 1.54) is 0 Å². The first-order valence-electron chi connectivity index (χ1n) is 9.06. The van der Waals surface area contributed by atoms with E-state index in [4.69, 9.17) is 0 Å². The summed E-state index contributed by atoms with van der Waals surface area (Å²) >= 11 is 0. The Morgan fingerprint density at radius 2 is 2.04 bits per heavy atom. The fraction of sp³-hybridized carbons (Fsp3) is 0.350. The number of piperidine rings is 1. The molecule has 1 aliphatic rings. The van der Waals surface area contributed by atoms with E-state index in [2.05, 4.69) is 16.4 Å². The van der Waals surface area contributed by atoms with Gasteiger partial charge in [0.05, 0.1) is 12.2 Å². The second-order valence-electron chi connectivity index (χ2n) is 6.88. The van der Waals surface area contributed by atoms with Crippen LogP contribution < -0.4 is 0 Å². The maximum atomic E-state index is 13.4. The molecule has 2 atom stereocenters. The minimum absolute atomic E-state index is 0.0912. The van der Waals surface area contributed by atoms with E-state index in [1.54, 1.807) is 10.9 Å². The fourth-order valence-corrected chi connectivity index (χ4v) is 3.65. The molecule has 0 unspecified atom stereocenters. The summed E-state index contributed by atoms with van der Waals surface area (Å²) in [7, 11) is 0. The summed E-state index contributed by atoms with van der Waals surface area (Å²) in [5.41, 5.74) is 2.10. The van der Waals surface area contributed by atoms with Crippen LogP contribution in [0.4, 0.5) is 0 Å². The van der Waals surface area contributed by atoms with Gasteiger partial charge in [0.15, 0.2) is 6.04 Å². The van der Waals surface area contributed by atoms with Gasteiger partial charge in [-0.05, 0) is 37.0 Å². The van der Waals surface area contributed by atoms with Gasteiger partial charge in [0, 0.05) is 31.7 Å². The zero-order valence-corrected chi connectivity index (χ0v) is 14.9. The molecule has 1 aromatic carbocycles. The van der Waals surface area contributed by atoms with Crippen molar-refractivity contribution in [3.63, 3.8) is 0 Å². The third-order valence-electron chi connectivity index (χ3n) is 4.95. The molecule has 4 rings (SSSR count). The maximum absolute atomic E-state index is 13.4. The van der Waals surface area contributed by atoms with Gasteiger partial charge >= 0.3 is 0 Å². The second kappa shape index (κ2) is 7.15. The lowest BCUT2D eigenvalue weighted by Crippen LogP contribution is -2.44. The molecule has 0 saturated carbocycles. The zero-order valence-electron chi connectivity index (χ0n) is 14.9. The van der Waals surface area contributed by atoms with Gasteiger partial charge in [-0.2, -0.15) is 10.2 Å². The van der Waals surface area contributed by atoms with Gasteiger partial charge in [0.1, 0.15) is 0 Å². The quantitative estimate of drug-likeness (QED) is 0.728.